The average molecular weight is 393 g/mol. The summed E-state index contributed by atoms with van der Waals surface area (Å²) in [5.41, 5.74) is 3.06. The first-order chi connectivity index (χ1) is 14.1. The highest BCUT2D eigenvalue weighted by Crippen LogP contribution is 2.66. The summed E-state index contributed by atoms with van der Waals surface area (Å²) in [5, 5.41) is 3.57. The second kappa shape index (κ2) is 6.57. The van der Waals surface area contributed by atoms with Gasteiger partial charge in [0, 0.05) is 13.1 Å². The maximum absolute atomic E-state index is 14.1. The van der Waals surface area contributed by atoms with E-state index in [2.05, 4.69) is 41.4 Å². The minimum atomic E-state index is -0.0628. The number of hydrogen-bond acceptors (Lipinski definition) is 2. The van der Waals surface area contributed by atoms with Gasteiger partial charge in [0.05, 0.1) is 5.41 Å². The van der Waals surface area contributed by atoms with E-state index in [1.54, 1.807) is 0 Å². The second-order valence-electron chi connectivity index (χ2n) is 11.4. The van der Waals surface area contributed by atoms with Crippen LogP contribution >= 0.6 is 0 Å². The summed E-state index contributed by atoms with van der Waals surface area (Å²) in [5.74, 6) is 3.65. The predicted octanol–water partition coefficient (Wildman–Crippen LogP) is 4.29. The predicted molar refractivity (Wildman–Crippen MR) is 116 cm³/mol. The maximum Gasteiger partial charge on any atom is 0.228 e. The number of fused-ring (bicyclic) bond motifs is 1. The molecule has 2 unspecified atom stereocenters. The minimum absolute atomic E-state index is 0.0628. The summed E-state index contributed by atoms with van der Waals surface area (Å²) in [6, 6.07) is 9.32. The highest BCUT2D eigenvalue weighted by atomic mass is 16.2. The molecule has 4 atom stereocenters. The molecule has 2 heterocycles. The molecule has 2 aliphatic heterocycles. The minimum Gasteiger partial charge on any atom is -0.342 e. The molecule has 29 heavy (non-hydrogen) atoms. The number of rotatable bonds is 2. The van der Waals surface area contributed by atoms with E-state index in [0.717, 1.165) is 43.2 Å². The number of carbonyl (C=O) groups excluding carboxylic acids is 1. The molecule has 3 nitrogen and oxygen atoms in total. The fraction of sp³-hybridized carbons (Fsp3) is 0.731. The van der Waals surface area contributed by atoms with Crippen molar-refractivity contribution in [3.8, 4) is 0 Å². The zero-order valence-corrected chi connectivity index (χ0v) is 18.0. The molecule has 4 saturated carbocycles. The third-order valence-electron chi connectivity index (χ3n) is 9.49. The molecule has 0 aromatic heterocycles. The molecule has 6 fully saturated rings. The van der Waals surface area contributed by atoms with Crippen LogP contribution in [0.4, 0.5) is 0 Å². The molecule has 2 saturated heterocycles. The van der Waals surface area contributed by atoms with Gasteiger partial charge in [0.1, 0.15) is 0 Å². The fourth-order valence-corrected chi connectivity index (χ4v) is 8.51. The summed E-state index contributed by atoms with van der Waals surface area (Å²) in [4.78, 5) is 16.4. The van der Waals surface area contributed by atoms with Crippen LogP contribution in [0.15, 0.2) is 24.3 Å². The maximum atomic E-state index is 14.1. The number of nitrogens with one attached hydrogen (secondary N) is 1. The van der Waals surface area contributed by atoms with E-state index in [1.165, 1.54) is 69.2 Å². The van der Waals surface area contributed by atoms with Crippen molar-refractivity contribution in [3.63, 3.8) is 0 Å². The standard InChI is InChI=1S/C26H36N2O/c1-18-2-4-23(5-3-18)25-11-19-10-20(12-25)14-26(13-19,17-25)24(29)28-8-6-21-15-27-16-22(21)7-9-28/h2-5,19-22,27H,6-17H2,1H3/t19?,20?,21-,22+,25?,26?. The van der Waals surface area contributed by atoms with Crippen molar-refractivity contribution in [2.45, 2.75) is 63.7 Å². The molecule has 0 radical (unpaired) electrons. The van der Waals surface area contributed by atoms with Crippen LogP contribution in [0.25, 0.3) is 0 Å². The topological polar surface area (TPSA) is 32.3 Å². The fourth-order valence-electron chi connectivity index (χ4n) is 8.51. The Hall–Kier alpha value is -1.35. The second-order valence-corrected chi connectivity index (χ2v) is 11.4. The van der Waals surface area contributed by atoms with E-state index in [-0.39, 0.29) is 10.8 Å². The Kier molecular flexibility index (Phi) is 4.18. The summed E-state index contributed by atoms with van der Waals surface area (Å²) >= 11 is 0. The van der Waals surface area contributed by atoms with Crippen LogP contribution in [0.2, 0.25) is 0 Å². The molecule has 1 amide bonds. The van der Waals surface area contributed by atoms with Gasteiger partial charge in [-0.1, -0.05) is 29.8 Å². The van der Waals surface area contributed by atoms with E-state index < -0.39 is 0 Å². The van der Waals surface area contributed by atoms with Crippen molar-refractivity contribution >= 4 is 5.91 Å². The molecular weight excluding hydrogens is 356 g/mol. The van der Waals surface area contributed by atoms with Crippen LogP contribution in [0.5, 0.6) is 0 Å². The van der Waals surface area contributed by atoms with Crippen molar-refractivity contribution < 1.29 is 4.79 Å². The number of nitrogens with zero attached hydrogens (tertiary/aromatic N) is 1. The summed E-state index contributed by atoms with van der Waals surface area (Å²) in [6.45, 7) is 6.50. The number of likely N-dealkylation sites (tertiary alicyclic amines) is 1. The van der Waals surface area contributed by atoms with E-state index in [1.807, 2.05) is 0 Å². The third-order valence-corrected chi connectivity index (χ3v) is 9.49. The van der Waals surface area contributed by atoms with Gasteiger partial charge in [-0.05, 0) is 106 Å². The number of carbonyl (C=O) groups is 1. The molecule has 3 heteroatoms. The smallest absolute Gasteiger partial charge is 0.228 e. The molecular formula is C26H36N2O. The highest BCUT2D eigenvalue weighted by Gasteiger charge is 2.61. The highest BCUT2D eigenvalue weighted by molar-refractivity contribution is 5.83. The molecule has 1 aromatic carbocycles. The average Bonchev–Trinajstić information content (AvgIpc) is 3.05. The summed E-state index contributed by atoms with van der Waals surface area (Å²) < 4.78 is 0. The van der Waals surface area contributed by atoms with Crippen LogP contribution < -0.4 is 5.32 Å². The van der Waals surface area contributed by atoms with E-state index >= 15 is 0 Å². The van der Waals surface area contributed by atoms with Crippen molar-refractivity contribution in [2.24, 2.45) is 29.1 Å². The Morgan fingerprint density at radius 3 is 2.21 bits per heavy atom. The Morgan fingerprint density at radius 1 is 0.966 bits per heavy atom. The monoisotopic (exact) mass is 392 g/mol. The van der Waals surface area contributed by atoms with Crippen LogP contribution in [0, 0.1) is 36.0 Å². The first kappa shape index (κ1) is 18.4. The Labute approximate surface area is 175 Å². The lowest BCUT2D eigenvalue weighted by atomic mass is 9.42. The Bertz CT molecular complexity index is 771. The number of amides is 1. The number of aryl methyl sites for hydroxylation is 1. The number of hydrogen-bond donors (Lipinski definition) is 1. The lowest BCUT2D eigenvalue weighted by Crippen LogP contribution is -2.59. The lowest BCUT2D eigenvalue weighted by molar-refractivity contribution is -0.160. The molecule has 1 aromatic rings. The van der Waals surface area contributed by atoms with Gasteiger partial charge in [0.15, 0.2) is 0 Å². The van der Waals surface area contributed by atoms with Gasteiger partial charge in [-0.15, -0.1) is 0 Å². The van der Waals surface area contributed by atoms with Crippen LogP contribution in [0.1, 0.15) is 62.5 Å². The largest absolute Gasteiger partial charge is 0.342 e. The van der Waals surface area contributed by atoms with Crippen molar-refractivity contribution in [1.82, 2.24) is 10.2 Å². The quantitative estimate of drug-likeness (QED) is 0.814. The van der Waals surface area contributed by atoms with Crippen LogP contribution in [-0.2, 0) is 10.2 Å². The molecule has 156 valence electrons. The SMILES string of the molecule is Cc1ccc(C23CC4CC(CC(C(=O)N5CC[C@@H]6CNC[C@@H]6CC5)(C4)C2)C3)cc1. The first-order valence-electron chi connectivity index (χ1n) is 12.1. The van der Waals surface area contributed by atoms with Crippen LogP contribution in [0.3, 0.4) is 0 Å². The molecule has 4 bridgehead atoms. The van der Waals surface area contributed by atoms with Gasteiger partial charge in [-0.25, -0.2) is 0 Å². The molecule has 0 spiro atoms. The normalized spacial score (nSPS) is 43.3. The molecule has 7 rings (SSSR count). The molecule has 6 aliphatic rings. The van der Waals surface area contributed by atoms with E-state index in [9.17, 15) is 4.79 Å². The zero-order valence-electron chi connectivity index (χ0n) is 18.0. The van der Waals surface area contributed by atoms with Gasteiger partial charge >= 0.3 is 0 Å². The molecule has 4 aliphatic carbocycles. The van der Waals surface area contributed by atoms with Gasteiger partial charge in [0.25, 0.3) is 0 Å². The Balaban J connectivity index is 1.29. The van der Waals surface area contributed by atoms with Crippen molar-refractivity contribution in [1.29, 1.82) is 0 Å². The van der Waals surface area contributed by atoms with Gasteiger partial charge < -0.3 is 10.2 Å². The van der Waals surface area contributed by atoms with Gasteiger partial charge in [-0.3, -0.25) is 4.79 Å². The van der Waals surface area contributed by atoms with Gasteiger partial charge in [-0.2, -0.15) is 0 Å². The van der Waals surface area contributed by atoms with Crippen molar-refractivity contribution in [3.05, 3.63) is 35.4 Å². The summed E-state index contributed by atoms with van der Waals surface area (Å²) in [7, 11) is 0. The zero-order chi connectivity index (χ0) is 19.6. The molecule has 1 N–H and O–H groups in total. The van der Waals surface area contributed by atoms with E-state index in [0.29, 0.717) is 5.91 Å². The van der Waals surface area contributed by atoms with Gasteiger partial charge in [0.2, 0.25) is 5.91 Å². The lowest BCUT2D eigenvalue weighted by Gasteiger charge is -2.62. The van der Waals surface area contributed by atoms with Crippen molar-refractivity contribution in [2.75, 3.05) is 26.2 Å². The summed E-state index contributed by atoms with van der Waals surface area (Å²) in [6.07, 6.45) is 9.86. The Morgan fingerprint density at radius 2 is 1.59 bits per heavy atom. The van der Waals surface area contributed by atoms with Crippen LogP contribution in [-0.4, -0.2) is 37.0 Å². The number of benzene rings is 1. The third kappa shape index (κ3) is 2.91. The first-order valence-corrected chi connectivity index (χ1v) is 12.1. The van der Waals surface area contributed by atoms with E-state index in [4.69, 9.17) is 0 Å².